The molecule has 5 rings (SSSR count). The molecule has 32 heavy (non-hydrogen) atoms. The van der Waals surface area contributed by atoms with E-state index in [9.17, 15) is 0 Å². The van der Waals surface area contributed by atoms with Gasteiger partial charge in [0.15, 0.2) is 0 Å². The smallest absolute Gasteiger partial charge is 0.0708 e. The van der Waals surface area contributed by atoms with E-state index in [1.54, 1.807) is 0 Å². The first-order valence-corrected chi connectivity index (χ1v) is 11.0. The summed E-state index contributed by atoms with van der Waals surface area (Å²) in [6, 6.07) is 18.6. The quantitative estimate of drug-likeness (QED) is 0.559. The number of pyridine rings is 3. The van der Waals surface area contributed by atoms with Crippen LogP contribution in [0.3, 0.4) is 0 Å². The molecule has 0 N–H and O–H groups in total. The number of nitrogens with zero attached hydrogens (tertiary/aromatic N) is 4. The van der Waals surface area contributed by atoms with Crippen LogP contribution in [0.15, 0.2) is 109 Å². The normalized spacial score (nSPS) is 22.8. The second-order valence-electron chi connectivity index (χ2n) is 8.26. The van der Waals surface area contributed by atoms with Crippen LogP contribution in [0.25, 0.3) is 11.1 Å². The second-order valence-corrected chi connectivity index (χ2v) is 8.26. The lowest BCUT2D eigenvalue weighted by atomic mass is 9.69. The van der Waals surface area contributed by atoms with Gasteiger partial charge in [-0.1, -0.05) is 36.4 Å². The molecule has 0 fully saturated rings. The Kier molecular flexibility index (Phi) is 5.51. The molecule has 3 aromatic heterocycles. The van der Waals surface area contributed by atoms with Crippen LogP contribution in [0.5, 0.6) is 0 Å². The molecule has 3 atom stereocenters. The van der Waals surface area contributed by atoms with Crippen molar-refractivity contribution >= 4 is 11.1 Å². The average Bonchev–Trinajstić information content (AvgIpc) is 2.85. The maximum Gasteiger partial charge on any atom is 0.0708 e. The number of likely N-dealkylation sites (N-methyl/N-ethyl adjacent to an activating group) is 1. The molecule has 3 unspecified atom stereocenters. The summed E-state index contributed by atoms with van der Waals surface area (Å²) < 4.78 is 0. The van der Waals surface area contributed by atoms with E-state index in [1.165, 1.54) is 11.1 Å². The molecule has 0 radical (unpaired) electrons. The van der Waals surface area contributed by atoms with E-state index in [2.05, 4.69) is 79.7 Å². The third-order valence-electron chi connectivity index (χ3n) is 6.28. The number of rotatable bonds is 4. The van der Waals surface area contributed by atoms with Crippen molar-refractivity contribution in [1.29, 1.82) is 0 Å². The zero-order valence-electron chi connectivity index (χ0n) is 18.3. The molecule has 0 spiro atoms. The Labute approximate surface area is 189 Å². The molecule has 1 aliphatic heterocycles. The highest BCUT2D eigenvalue weighted by atomic mass is 15.1. The van der Waals surface area contributed by atoms with E-state index in [1.807, 2.05) is 42.9 Å². The van der Waals surface area contributed by atoms with Gasteiger partial charge in [0, 0.05) is 48.7 Å². The van der Waals surface area contributed by atoms with Gasteiger partial charge in [0.25, 0.3) is 0 Å². The Morgan fingerprint density at radius 3 is 2.09 bits per heavy atom. The molecule has 0 amide bonds. The van der Waals surface area contributed by atoms with Crippen LogP contribution in [0.2, 0.25) is 0 Å². The Balaban J connectivity index is 1.78. The number of aromatic nitrogens is 3. The Hall–Kier alpha value is -3.79. The minimum Gasteiger partial charge on any atom is -0.373 e. The summed E-state index contributed by atoms with van der Waals surface area (Å²) in [7, 11) is 2.14. The van der Waals surface area contributed by atoms with E-state index in [4.69, 9.17) is 15.0 Å². The van der Waals surface area contributed by atoms with Crippen molar-refractivity contribution in [2.75, 3.05) is 7.05 Å². The van der Waals surface area contributed by atoms with Gasteiger partial charge < -0.3 is 4.90 Å². The Morgan fingerprint density at radius 1 is 0.781 bits per heavy atom. The molecular formula is C28H26N4. The van der Waals surface area contributed by atoms with E-state index in [-0.39, 0.29) is 17.9 Å². The van der Waals surface area contributed by atoms with Crippen molar-refractivity contribution in [3.05, 3.63) is 126 Å². The summed E-state index contributed by atoms with van der Waals surface area (Å²) in [4.78, 5) is 16.6. The first-order chi connectivity index (χ1) is 15.7. The van der Waals surface area contributed by atoms with E-state index >= 15 is 0 Å². The first-order valence-electron chi connectivity index (χ1n) is 11.0. The highest BCUT2D eigenvalue weighted by Gasteiger charge is 2.39. The third kappa shape index (κ3) is 3.69. The summed E-state index contributed by atoms with van der Waals surface area (Å²) in [5.74, 6) is 0.232. The standard InChI is InChI=1S/C28H26N4/c1-20-19-21(25-14-6-10-18-32(25)2)27(23-12-4-8-16-30-23)28(24-13-5-9-17-31-24)26(20)22-11-3-7-15-29-22/h3-19,21,25,27H,1-2H3. The van der Waals surface area contributed by atoms with Crippen LogP contribution >= 0.6 is 0 Å². The lowest BCUT2D eigenvalue weighted by Gasteiger charge is -2.40. The molecule has 1 aliphatic carbocycles. The lowest BCUT2D eigenvalue weighted by Crippen LogP contribution is -2.38. The third-order valence-corrected chi connectivity index (χ3v) is 6.28. The van der Waals surface area contributed by atoms with Crippen molar-refractivity contribution in [3.63, 3.8) is 0 Å². The molecule has 4 heteroatoms. The monoisotopic (exact) mass is 418 g/mol. The number of allylic oxidation sites excluding steroid dienone is 5. The molecule has 4 nitrogen and oxygen atoms in total. The molecule has 158 valence electrons. The molecule has 3 aromatic rings. The molecule has 0 aromatic carbocycles. The largest absolute Gasteiger partial charge is 0.373 e. The molecule has 2 aliphatic rings. The zero-order chi connectivity index (χ0) is 21.9. The van der Waals surface area contributed by atoms with Crippen molar-refractivity contribution in [1.82, 2.24) is 19.9 Å². The molecule has 0 saturated heterocycles. The first kappa shape index (κ1) is 20.1. The average molecular weight is 419 g/mol. The van der Waals surface area contributed by atoms with Crippen LogP contribution in [0, 0.1) is 5.92 Å². The lowest BCUT2D eigenvalue weighted by molar-refractivity contribution is 0.298. The van der Waals surface area contributed by atoms with Gasteiger partial charge in [-0.2, -0.15) is 0 Å². The van der Waals surface area contributed by atoms with Gasteiger partial charge in [0.05, 0.1) is 17.4 Å². The second kappa shape index (κ2) is 8.75. The minimum absolute atomic E-state index is 0.0374. The predicted molar refractivity (Wildman–Crippen MR) is 129 cm³/mol. The van der Waals surface area contributed by atoms with Crippen molar-refractivity contribution in [3.8, 4) is 0 Å². The van der Waals surface area contributed by atoms with Crippen LogP contribution in [0.4, 0.5) is 0 Å². The van der Waals surface area contributed by atoms with Crippen molar-refractivity contribution in [2.24, 2.45) is 5.92 Å². The van der Waals surface area contributed by atoms with Crippen molar-refractivity contribution < 1.29 is 0 Å². The van der Waals surface area contributed by atoms with Gasteiger partial charge in [-0.3, -0.25) is 15.0 Å². The van der Waals surface area contributed by atoms with E-state index < -0.39 is 0 Å². The van der Waals surface area contributed by atoms with Gasteiger partial charge in [-0.25, -0.2) is 0 Å². The van der Waals surface area contributed by atoms with Gasteiger partial charge >= 0.3 is 0 Å². The minimum atomic E-state index is 0.0374. The molecular weight excluding hydrogens is 392 g/mol. The number of hydrogen-bond acceptors (Lipinski definition) is 4. The Morgan fingerprint density at radius 2 is 1.47 bits per heavy atom. The SMILES string of the molecule is CC1=CC(C2C=CC=CN2C)C(c2ccccn2)C(c2ccccn2)=C1c1ccccn1. The Bertz CT molecular complexity index is 1190. The maximum atomic E-state index is 4.83. The molecule has 4 heterocycles. The van der Waals surface area contributed by atoms with Gasteiger partial charge in [0.2, 0.25) is 0 Å². The van der Waals surface area contributed by atoms with E-state index in [0.717, 1.165) is 22.7 Å². The summed E-state index contributed by atoms with van der Waals surface area (Å²) in [5, 5.41) is 0. The van der Waals surface area contributed by atoms with Gasteiger partial charge in [-0.15, -0.1) is 0 Å². The van der Waals surface area contributed by atoms with Crippen LogP contribution < -0.4 is 0 Å². The fourth-order valence-electron chi connectivity index (χ4n) is 4.89. The number of hydrogen-bond donors (Lipinski definition) is 0. The predicted octanol–water partition coefficient (Wildman–Crippen LogP) is 5.53. The fourth-order valence-corrected chi connectivity index (χ4v) is 4.89. The van der Waals surface area contributed by atoms with Crippen LogP contribution in [-0.4, -0.2) is 32.9 Å². The zero-order valence-corrected chi connectivity index (χ0v) is 18.3. The highest BCUT2D eigenvalue weighted by molar-refractivity contribution is 6.00. The molecule has 0 saturated carbocycles. The van der Waals surface area contributed by atoms with Crippen LogP contribution in [0.1, 0.15) is 29.9 Å². The van der Waals surface area contributed by atoms with E-state index in [0.29, 0.717) is 0 Å². The summed E-state index contributed by atoms with van der Waals surface area (Å²) in [5.41, 5.74) is 6.54. The topological polar surface area (TPSA) is 41.9 Å². The van der Waals surface area contributed by atoms with Crippen LogP contribution in [-0.2, 0) is 0 Å². The highest BCUT2D eigenvalue weighted by Crippen LogP contribution is 2.49. The van der Waals surface area contributed by atoms with Gasteiger partial charge in [0.1, 0.15) is 0 Å². The van der Waals surface area contributed by atoms with Gasteiger partial charge in [-0.05, 0) is 66.7 Å². The summed E-state index contributed by atoms with van der Waals surface area (Å²) in [6.07, 6.45) is 16.7. The molecule has 0 bridgehead atoms. The summed E-state index contributed by atoms with van der Waals surface area (Å²) >= 11 is 0. The van der Waals surface area contributed by atoms with Crippen molar-refractivity contribution in [2.45, 2.75) is 18.9 Å². The fraction of sp³-hybridized carbons (Fsp3) is 0.179. The summed E-state index contributed by atoms with van der Waals surface area (Å²) in [6.45, 7) is 2.19. The maximum absolute atomic E-state index is 4.83.